The van der Waals surface area contributed by atoms with Crippen LogP contribution >= 0.6 is 11.6 Å². The van der Waals surface area contributed by atoms with E-state index in [-0.39, 0.29) is 6.04 Å². The molecule has 0 aliphatic carbocycles. The van der Waals surface area contributed by atoms with Crippen molar-refractivity contribution in [1.29, 1.82) is 0 Å². The summed E-state index contributed by atoms with van der Waals surface area (Å²) in [5.74, 6) is 0. The van der Waals surface area contributed by atoms with Crippen LogP contribution in [0.2, 0.25) is 5.02 Å². The quantitative estimate of drug-likeness (QED) is 0.657. The minimum atomic E-state index is 0.167. The molecule has 2 atom stereocenters. The number of benzene rings is 1. The van der Waals surface area contributed by atoms with Gasteiger partial charge in [0.15, 0.2) is 0 Å². The molecule has 0 aliphatic rings. The maximum Gasteiger partial charge on any atom is 0.0499 e. The lowest BCUT2D eigenvalue weighted by molar-refractivity contribution is 0.164. The van der Waals surface area contributed by atoms with Crippen LogP contribution in [0.5, 0.6) is 0 Å². The molecule has 21 heavy (non-hydrogen) atoms. The first-order chi connectivity index (χ1) is 10.1. The average molecular weight is 311 g/mol. The van der Waals surface area contributed by atoms with Crippen LogP contribution in [0.15, 0.2) is 24.3 Å². The Morgan fingerprint density at radius 3 is 1.95 bits per heavy atom. The number of hydrogen-bond acceptors (Lipinski definition) is 2. The van der Waals surface area contributed by atoms with Crippen LogP contribution in [-0.2, 0) is 0 Å². The molecule has 2 unspecified atom stereocenters. The van der Waals surface area contributed by atoms with Gasteiger partial charge in [-0.3, -0.25) is 4.90 Å². The van der Waals surface area contributed by atoms with Gasteiger partial charge in [-0.1, -0.05) is 57.3 Å². The first-order valence-corrected chi connectivity index (χ1v) is 8.76. The molecule has 1 aromatic carbocycles. The summed E-state index contributed by atoms with van der Waals surface area (Å²) in [4.78, 5) is 2.57. The fourth-order valence-electron chi connectivity index (χ4n) is 2.72. The summed E-state index contributed by atoms with van der Waals surface area (Å²) in [6, 6.07) is 8.68. The Labute approximate surface area is 135 Å². The highest BCUT2D eigenvalue weighted by atomic mass is 35.5. The van der Waals surface area contributed by atoms with E-state index in [1.165, 1.54) is 31.2 Å². The fourth-order valence-corrected chi connectivity index (χ4v) is 2.85. The van der Waals surface area contributed by atoms with Crippen molar-refractivity contribution in [2.45, 2.75) is 65.0 Å². The molecule has 0 amide bonds. The maximum absolute atomic E-state index is 6.46. The molecule has 3 heteroatoms. The van der Waals surface area contributed by atoms with E-state index in [9.17, 15) is 0 Å². The van der Waals surface area contributed by atoms with E-state index < -0.39 is 0 Å². The molecule has 0 saturated heterocycles. The minimum absolute atomic E-state index is 0.167. The Hall–Kier alpha value is -0.570. The number of nitrogens with zero attached hydrogens (tertiary/aromatic N) is 1. The number of hydrogen-bond donors (Lipinski definition) is 1. The van der Waals surface area contributed by atoms with Gasteiger partial charge >= 0.3 is 0 Å². The Kier molecular flexibility index (Phi) is 8.98. The standard InChI is InChI=1S/C18H31ClN2/c1-4-7-13-21(14-8-5-2)18(17(20)6-3)15-9-11-16(19)12-10-15/h9-12,17-18H,4-8,13-14,20H2,1-3H3. The molecular weight excluding hydrogens is 280 g/mol. The van der Waals surface area contributed by atoms with Crippen molar-refractivity contribution in [3.63, 3.8) is 0 Å². The number of unbranched alkanes of at least 4 members (excludes halogenated alkanes) is 2. The first-order valence-electron chi connectivity index (χ1n) is 8.39. The second kappa shape index (κ2) is 10.2. The topological polar surface area (TPSA) is 29.3 Å². The van der Waals surface area contributed by atoms with Crippen molar-refractivity contribution in [3.8, 4) is 0 Å². The van der Waals surface area contributed by atoms with Crippen molar-refractivity contribution in [2.75, 3.05) is 13.1 Å². The minimum Gasteiger partial charge on any atom is -0.326 e. The van der Waals surface area contributed by atoms with E-state index in [0.29, 0.717) is 6.04 Å². The predicted molar refractivity (Wildman–Crippen MR) is 93.8 cm³/mol. The second-order valence-corrected chi connectivity index (χ2v) is 6.25. The Morgan fingerprint density at radius 2 is 1.52 bits per heavy atom. The molecule has 2 nitrogen and oxygen atoms in total. The second-order valence-electron chi connectivity index (χ2n) is 5.81. The maximum atomic E-state index is 6.46. The van der Waals surface area contributed by atoms with E-state index >= 15 is 0 Å². The lowest BCUT2D eigenvalue weighted by Crippen LogP contribution is -2.41. The molecular formula is C18H31ClN2. The van der Waals surface area contributed by atoms with Crippen LogP contribution < -0.4 is 5.73 Å². The number of halogens is 1. The molecule has 0 fully saturated rings. The van der Waals surface area contributed by atoms with Crippen LogP contribution in [0.3, 0.4) is 0 Å². The van der Waals surface area contributed by atoms with Gasteiger partial charge in [-0.15, -0.1) is 0 Å². The summed E-state index contributed by atoms with van der Waals surface area (Å²) < 4.78 is 0. The third-order valence-corrected chi connectivity index (χ3v) is 4.33. The van der Waals surface area contributed by atoms with Crippen molar-refractivity contribution < 1.29 is 0 Å². The largest absolute Gasteiger partial charge is 0.326 e. The number of rotatable bonds is 10. The zero-order valence-corrected chi connectivity index (χ0v) is 14.6. The summed E-state index contributed by atoms with van der Waals surface area (Å²) in [5, 5.41) is 0.788. The lowest BCUT2D eigenvalue weighted by atomic mass is 9.95. The van der Waals surface area contributed by atoms with Gasteiger partial charge in [-0.25, -0.2) is 0 Å². The zero-order valence-electron chi connectivity index (χ0n) is 13.8. The molecule has 2 N–H and O–H groups in total. The van der Waals surface area contributed by atoms with Gasteiger partial charge in [-0.05, 0) is 50.0 Å². The molecule has 1 aromatic rings. The van der Waals surface area contributed by atoms with Gasteiger partial charge in [0.25, 0.3) is 0 Å². The monoisotopic (exact) mass is 310 g/mol. The predicted octanol–water partition coefficient (Wildman–Crippen LogP) is 5.02. The normalized spacial score (nSPS) is 14.4. The fraction of sp³-hybridized carbons (Fsp3) is 0.667. The molecule has 120 valence electrons. The van der Waals surface area contributed by atoms with E-state index in [2.05, 4.69) is 37.8 Å². The van der Waals surface area contributed by atoms with Crippen LogP contribution in [0.1, 0.15) is 64.5 Å². The van der Waals surface area contributed by atoms with Gasteiger partial charge in [0.1, 0.15) is 0 Å². The highest BCUT2D eigenvalue weighted by Gasteiger charge is 2.24. The average Bonchev–Trinajstić information content (AvgIpc) is 2.51. The molecule has 0 saturated carbocycles. The summed E-state index contributed by atoms with van der Waals surface area (Å²) in [6.45, 7) is 8.91. The number of nitrogens with two attached hydrogens (primary N) is 1. The summed E-state index contributed by atoms with van der Waals surface area (Å²) in [7, 11) is 0. The van der Waals surface area contributed by atoms with Crippen LogP contribution in [0, 0.1) is 0 Å². The molecule has 0 spiro atoms. The van der Waals surface area contributed by atoms with E-state index in [1.807, 2.05) is 12.1 Å². The highest BCUT2D eigenvalue weighted by molar-refractivity contribution is 6.30. The smallest absolute Gasteiger partial charge is 0.0499 e. The van der Waals surface area contributed by atoms with Gasteiger partial charge in [-0.2, -0.15) is 0 Å². The first kappa shape index (κ1) is 18.5. The third-order valence-electron chi connectivity index (χ3n) is 4.08. The summed E-state index contributed by atoms with van der Waals surface area (Å²) in [6.07, 6.45) is 5.88. The van der Waals surface area contributed by atoms with Crippen molar-refractivity contribution >= 4 is 11.6 Å². The van der Waals surface area contributed by atoms with Crippen molar-refractivity contribution in [3.05, 3.63) is 34.9 Å². The summed E-state index contributed by atoms with van der Waals surface area (Å²) in [5.41, 5.74) is 7.75. The third kappa shape index (κ3) is 5.98. The molecule has 0 aromatic heterocycles. The van der Waals surface area contributed by atoms with E-state index in [1.54, 1.807) is 0 Å². The molecule has 0 bridgehead atoms. The zero-order chi connectivity index (χ0) is 15.7. The van der Waals surface area contributed by atoms with Crippen molar-refractivity contribution in [2.24, 2.45) is 5.73 Å². The summed E-state index contributed by atoms with van der Waals surface area (Å²) >= 11 is 6.03. The molecule has 1 rings (SSSR count). The highest BCUT2D eigenvalue weighted by Crippen LogP contribution is 2.27. The Balaban J connectivity index is 2.97. The van der Waals surface area contributed by atoms with Gasteiger partial charge in [0, 0.05) is 17.1 Å². The lowest BCUT2D eigenvalue weighted by Gasteiger charge is -2.36. The van der Waals surface area contributed by atoms with Crippen LogP contribution in [0.25, 0.3) is 0 Å². The molecule has 0 heterocycles. The van der Waals surface area contributed by atoms with Gasteiger partial charge in [0.2, 0.25) is 0 Å². The molecule has 0 radical (unpaired) electrons. The Bertz CT molecular complexity index is 369. The van der Waals surface area contributed by atoms with Gasteiger partial charge < -0.3 is 5.73 Å². The Morgan fingerprint density at radius 1 is 1.00 bits per heavy atom. The van der Waals surface area contributed by atoms with Crippen molar-refractivity contribution in [1.82, 2.24) is 4.90 Å². The van der Waals surface area contributed by atoms with Gasteiger partial charge in [0.05, 0.1) is 0 Å². The van der Waals surface area contributed by atoms with E-state index in [0.717, 1.165) is 24.5 Å². The van der Waals surface area contributed by atoms with Crippen LogP contribution in [0.4, 0.5) is 0 Å². The SMILES string of the molecule is CCCCN(CCCC)C(c1ccc(Cl)cc1)C(N)CC. The molecule has 0 aliphatic heterocycles. The van der Waals surface area contributed by atoms with E-state index in [4.69, 9.17) is 17.3 Å². The van der Waals surface area contributed by atoms with Crippen LogP contribution in [-0.4, -0.2) is 24.0 Å².